The second kappa shape index (κ2) is 6.25. The molecule has 5 nitrogen and oxygen atoms in total. The van der Waals surface area contributed by atoms with Crippen LogP contribution in [0.2, 0.25) is 5.15 Å². The van der Waals surface area contributed by atoms with Gasteiger partial charge in [0.15, 0.2) is 5.65 Å². The molecular weight excluding hydrogens is 346 g/mol. The first-order valence-corrected chi connectivity index (χ1v) is 8.44. The van der Waals surface area contributed by atoms with Gasteiger partial charge in [-0.1, -0.05) is 23.7 Å². The van der Waals surface area contributed by atoms with Gasteiger partial charge < -0.3 is 0 Å². The van der Waals surface area contributed by atoms with E-state index in [9.17, 15) is 5.26 Å². The Morgan fingerprint density at radius 3 is 2.50 bits per heavy atom. The molecule has 0 unspecified atom stereocenters. The molecule has 0 fully saturated rings. The topological polar surface area (TPSA) is 66.9 Å². The Morgan fingerprint density at radius 2 is 1.77 bits per heavy atom. The molecule has 6 heteroatoms. The van der Waals surface area contributed by atoms with Crippen LogP contribution in [-0.2, 0) is 0 Å². The summed E-state index contributed by atoms with van der Waals surface area (Å²) in [5.74, 6) is 0. The van der Waals surface area contributed by atoms with Crippen LogP contribution in [0.25, 0.3) is 28.0 Å². The van der Waals surface area contributed by atoms with Crippen molar-refractivity contribution in [3.05, 3.63) is 70.8 Å². The summed E-state index contributed by atoms with van der Waals surface area (Å²) in [7, 11) is 0. The zero-order valence-corrected chi connectivity index (χ0v) is 15.0. The molecule has 0 aliphatic rings. The summed E-state index contributed by atoms with van der Waals surface area (Å²) in [4.78, 5) is 8.94. The van der Waals surface area contributed by atoms with Gasteiger partial charge in [0.05, 0.1) is 17.2 Å². The second-order valence-electron chi connectivity index (χ2n) is 6.07. The molecule has 0 aliphatic heterocycles. The van der Waals surface area contributed by atoms with E-state index in [-0.39, 0.29) is 0 Å². The van der Waals surface area contributed by atoms with Crippen LogP contribution < -0.4 is 0 Å². The first-order valence-electron chi connectivity index (χ1n) is 8.06. The Bertz CT molecular complexity index is 1170. The SMILES string of the molecule is Cc1cc(-c2c(-c3cccc(C#N)c3)nn3ccc(Cl)nc23)cc(C)n1. The minimum absolute atomic E-state index is 0.401. The van der Waals surface area contributed by atoms with Crippen molar-refractivity contribution in [2.75, 3.05) is 0 Å². The lowest BCUT2D eigenvalue weighted by molar-refractivity contribution is 0.943. The molecule has 0 spiro atoms. The van der Waals surface area contributed by atoms with Crippen LogP contribution in [0.1, 0.15) is 17.0 Å². The van der Waals surface area contributed by atoms with E-state index in [2.05, 4.69) is 16.0 Å². The summed E-state index contributed by atoms with van der Waals surface area (Å²) in [6.07, 6.45) is 1.78. The smallest absolute Gasteiger partial charge is 0.165 e. The van der Waals surface area contributed by atoms with Crippen molar-refractivity contribution in [1.29, 1.82) is 5.26 Å². The zero-order chi connectivity index (χ0) is 18.3. The highest BCUT2D eigenvalue weighted by molar-refractivity contribution is 6.29. The quantitative estimate of drug-likeness (QED) is 0.490. The fourth-order valence-electron chi connectivity index (χ4n) is 3.09. The number of aryl methyl sites for hydroxylation is 2. The molecule has 0 radical (unpaired) electrons. The number of benzene rings is 1. The molecule has 0 saturated heterocycles. The van der Waals surface area contributed by atoms with Crippen LogP contribution in [0.3, 0.4) is 0 Å². The summed E-state index contributed by atoms with van der Waals surface area (Å²) >= 11 is 6.14. The first kappa shape index (κ1) is 16.2. The number of nitrogens with zero attached hydrogens (tertiary/aromatic N) is 5. The Hall–Kier alpha value is -3.23. The summed E-state index contributed by atoms with van der Waals surface area (Å²) in [6.45, 7) is 3.91. The minimum atomic E-state index is 0.401. The van der Waals surface area contributed by atoms with Gasteiger partial charge in [-0.2, -0.15) is 10.4 Å². The fraction of sp³-hybridized carbons (Fsp3) is 0.100. The third kappa shape index (κ3) is 2.81. The van der Waals surface area contributed by atoms with E-state index in [0.29, 0.717) is 16.4 Å². The molecule has 0 amide bonds. The highest BCUT2D eigenvalue weighted by atomic mass is 35.5. The van der Waals surface area contributed by atoms with Gasteiger partial charge >= 0.3 is 0 Å². The van der Waals surface area contributed by atoms with Crippen molar-refractivity contribution in [2.45, 2.75) is 13.8 Å². The Kier molecular flexibility index (Phi) is 3.90. The molecule has 0 atom stereocenters. The number of hydrogen-bond donors (Lipinski definition) is 0. The first-order chi connectivity index (χ1) is 12.5. The summed E-state index contributed by atoms with van der Waals surface area (Å²) in [5, 5.41) is 14.3. The highest BCUT2D eigenvalue weighted by Crippen LogP contribution is 2.35. The predicted octanol–water partition coefficient (Wildman–Crippen LogP) is 4.60. The third-order valence-corrected chi connectivity index (χ3v) is 4.30. The van der Waals surface area contributed by atoms with Crippen LogP contribution in [0.4, 0.5) is 0 Å². The van der Waals surface area contributed by atoms with E-state index >= 15 is 0 Å². The number of aromatic nitrogens is 4. The standard InChI is InChI=1S/C20H14ClN5/c1-12-8-16(9-13(2)23-12)18-19(15-5-3-4-14(10-15)11-22)25-26-7-6-17(21)24-20(18)26/h3-10H,1-2H3. The lowest BCUT2D eigenvalue weighted by Gasteiger charge is -2.06. The molecule has 4 aromatic rings. The van der Waals surface area contributed by atoms with Gasteiger partial charge in [0.1, 0.15) is 10.8 Å². The minimum Gasteiger partial charge on any atom is -0.258 e. The number of pyridine rings is 1. The van der Waals surface area contributed by atoms with Crippen molar-refractivity contribution < 1.29 is 0 Å². The molecule has 1 aromatic carbocycles. The largest absolute Gasteiger partial charge is 0.258 e. The van der Waals surface area contributed by atoms with Gasteiger partial charge in [-0.3, -0.25) is 4.98 Å². The molecule has 0 saturated carbocycles. The highest BCUT2D eigenvalue weighted by Gasteiger charge is 2.19. The Labute approximate surface area is 155 Å². The number of fused-ring (bicyclic) bond motifs is 1. The normalized spacial score (nSPS) is 10.8. The van der Waals surface area contributed by atoms with Gasteiger partial charge in [0, 0.05) is 23.1 Å². The maximum absolute atomic E-state index is 9.23. The number of rotatable bonds is 2. The van der Waals surface area contributed by atoms with Gasteiger partial charge in [-0.05, 0) is 49.7 Å². The van der Waals surface area contributed by atoms with Crippen LogP contribution >= 0.6 is 11.6 Å². The van der Waals surface area contributed by atoms with Crippen LogP contribution in [-0.4, -0.2) is 19.6 Å². The number of halogens is 1. The van der Waals surface area contributed by atoms with Gasteiger partial charge in [0.25, 0.3) is 0 Å². The summed E-state index contributed by atoms with van der Waals surface area (Å²) < 4.78 is 1.71. The van der Waals surface area contributed by atoms with E-state index in [0.717, 1.165) is 33.8 Å². The van der Waals surface area contributed by atoms with Crippen molar-refractivity contribution in [3.8, 4) is 28.5 Å². The van der Waals surface area contributed by atoms with Crippen molar-refractivity contribution in [3.63, 3.8) is 0 Å². The lowest BCUT2D eigenvalue weighted by Crippen LogP contribution is -1.91. The van der Waals surface area contributed by atoms with Crippen LogP contribution in [0.5, 0.6) is 0 Å². The monoisotopic (exact) mass is 359 g/mol. The number of hydrogen-bond acceptors (Lipinski definition) is 4. The second-order valence-corrected chi connectivity index (χ2v) is 6.46. The maximum atomic E-state index is 9.23. The molecule has 3 heterocycles. The molecule has 4 rings (SSSR count). The molecule has 26 heavy (non-hydrogen) atoms. The third-order valence-electron chi connectivity index (χ3n) is 4.09. The van der Waals surface area contributed by atoms with E-state index in [1.807, 2.05) is 44.2 Å². The number of nitriles is 1. The Morgan fingerprint density at radius 1 is 1.00 bits per heavy atom. The van der Waals surface area contributed by atoms with Gasteiger partial charge in [-0.15, -0.1) is 0 Å². The molecule has 0 bridgehead atoms. The average molecular weight is 360 g/mol. The maximum Gasteiger partial charge on any atom is 0.165 e. The van der Waals surface area contributed by atoms with Crippen LogP contribution in [0, 0.1) is 25.2 Å². The molecule has 0 N–H and O–H groups in total. The molecule has 0 aliphatic carbocycles. The molecule has 126 valence electrons. The molecular formula is C20H14ClN5. The van der Waals surface area contributed by atoms with Crippen molar-refractivity contribution in [2.24, 2.45) is 0 Å². The van der Waals surface area contributed by atoms with Gasteiger partial charge in [-0.25, -0.2) is 9.50 Å². The fourth-order valence-corrected chi connectivity index (χ4v) is 3.23. The van der Waals surface area contributed by atoms with E-state index in [1.54, 1.807) is 22.8 Å². The Balaban J connectivity index is 2.08. The van der Waals surface area contributed by atoms with Crippen LogP contribution in [0.15, 0.2) is 48.7 Å². The zero-order valence-electron chi connectivity index (χ0n) is 14.2. The van der Waals surface area contributed by atoms with E-state index < -0.39 is 0 Å². The lowest BCUT2D eigenvalue weighted by atomic mass is 9.99. The summed E-state index contributed by atoms with van der Waals surface area (Å²) in [5.41, 5.74) is 6.53. The molecule has 3 aromatic heterocycles. The average Bonchev–Trinajstić information content (AvgIpc) is 2.99. The van der Waals surface area contributed by atoms with E-state index in [1.165, 1.54) is 0 Å². The van der Waals surface area contributed by atoms with Crippen molar-refractivity contribution in [1.82, 2.24) is 19.6 Å². The van der Waals surface area contributed by atoms with Gasteiger partial charge in [0.2, 0.25) is 0 Å². The van der Waals surface area contributed by atoms with E-state index in [4.69, 9.17) is 16.7 Å². The summed E-state index contributed by atoms with van der Waals surface area (Å²) in [6, 6.07) is 15.3. The van der Waals surface area contributed by atoms with Crippen molar-refractivity contribution >= 4 is 17.2 Å². The predicted molar refractivity (Wildman–Crippen MR) is 101 cm³/mol.